The van der Waals surface area contributed by atoms with E-state index in [9.17, 15) is 0 Å². The van der Waals surface area contributed by atoms with E-state index >= 15 is 0 Å². The molecule has 0 atom stereocenters. The minimum Gasteiger partial charge on any atom is -0.338 e. The molecule has 0 aliphatic carbocycles. The van der Waals surface area contributed by atoms with Gasteiger partial charge in [0.05, 0.1) is 11.4 Å². The van der Waals surface area contributed by atoms with Crippen LogP contribution in [0.3, 0.4) is 0 Å². The summed E-state index contributed by atoms with van der Waals surface area (Å²) >= 11 is 13.8. The summed E-state index contributed by atoms with van der Waals surface area (Å²) in [6, 6.07) is 14.6. The van der Waals surface area contributed by atoms with Crippen LogP contribution in [-0.4, -0.2) is 37.5 Å². The van der Waals surface area contributed by atoms with E-state index in [1.807, 2.05) is 6.07 Å². The van der Waals surface area contributed by atoms with Gasteiger partial charge in [0.1, 0.15) is 0 Å². The van der Waals surface area contributed by atoms with Crippen LogP contribution in [0.1, 0.15) is 0 Å². The average Bonchev–Trinajstić information content (AvgIpc) is 2.52. The highest BCUT2D eigenvalue weighted by molar-refractivity contribution is 7.99. The van der Waals surface area contributed by atoms with Crippen LogP contribution in [0.15, 0.2) is 52.3 Å². The van der Waals surface area contributed by atoms with Gasteiger partial charge < -0.3 is 9.80 Å². The molecule has 0 radical (unpaired) electrons. The number of alkyl halides is 1. The Morgan fingerprint density at radius 3 is 2.57 bits per heavy atom. The summed E-state index contributed by atoms with van der Waals surface area (Å²) < 4.78 is 0. The van der Waals surface area contributed by atoms with Crippen LogP contribution in [0, 0.1) is 0 Å². The first kappa shape index (κ1) is 18.8. The minimum absolute atomic E-state index is 0. The third-order valence-corrected chi connectivity index (χ3v) is 5.29. The van der Waals surface area contributed by atoms with Gasteiger partial charge in [0.2, 0.25) is 0 Å². The molecule has 0 saturated carbocycles. The molecule has 0 saturated heterocycles. The minimum atomic E-state index is 0. The van der Waals surface area contributed by atoms with E-state index in [4.69, 9.17) is 23.2 Å². The molecular weight excluding hydrogens is 371 g/mol. The van der Waals surface area contributed by atoms with Crippen molar-refractivity contribution in [3.8, 4) is 0 Å². The van der Waals surface area contributed by atoms with Crippen molar-refractivity contribution < 1.29 is 0 Å². The number of nitrogens with zero attached hydrogens (tertiary/aromatic N) is 2. The Bertz CT molecular complexity index is 666. The number of fused-ring (bicyclic) bond motifs is 2. The molecular formula is C17H19Cl3N2S. The molecule has 23 heavy (non-hydrogen) atoms. The summed E-state index contributed by atoms with van der Waals surface area (Å²) in [5, 5.41) is 0.776. The molecule has 124 valence electrons. The highest BCUT2D eigenvalue weighted by Gasteiger charge is 2.23. The van der Waals surface area contributed by atoms with Gasteiger partial charge in [0, 0.05) is 40.3 Å². The van der Waals surface area contributed by atoms with Crippen LogP contribution in [0.4, 0.5) is 11.4 Å². The van der Waals surface area contributed by atoms with Crippen molar-refractivity contribution in [1.82, 2.24) is 4.90 Å². The van der Waals surface area contributed by atoms with Gasteiger partial charge in [0.25, 0.3) is 0 Å². The van der Waals surface area contributed by atoms with Crippen molar-refractivity contribution in [3.05, 3.63) is 47.5 Å². The summed E-state index contributed by atoms with van der Waals surface area (Å²) in [5.74, 6) is 0.658. The zero-order chi connectivity index (χ0) is 15.5. The molecule has 0 aromatic heterocycles. The Morgan fingerprint density at radius 2 is 1.78 bits per heavy atom. The van der Waals surface area contributed by atoms with E-state index in [0.717, 1.165) is 24.7 Å². The molecule has 3 rings (SSSR count). The van der Waals surface area contributed by atoms with Crippen LogP contribution >= 0.6 is 47.4 Å². The monoisotopic (exact) mass is 388 g/mol. The lowest BCUT2D eigenvalue weighted by Crippen LogP contribution is -2.32. The lowest BCUT2D eigenvalue weighted by molar-refractivity contribution is 0.364. The molecule has 0 unspecified atom stereocenters. The second-order valence-corrected chi connectivity index (χ2v) is 7.22. The molecule has 2 aromatic rings. The van der Waals surface area contributed by atoms with Crippen molar-refractivity contribution in [2.75, 3.05) is 37.5 Å². The third-order valence-electron chi connectivity index (χ3n) is 3.76. The number of benzene rings is 2. The second kappa shape index (κ2) is 8.50. The summed E-state index contributed by atoms with van der Waals surface area (Å²) in [5.41, 5.74) is 2.44. The molecule has 0 N–H and O–H groups in total. The quantitative estimate of drug-likeness (QED) is 0.620. The second-order valence-electron chi connectivity index (χ2n) is 5.33. The molecule has 0 amide bonds. The molecule has 1 aliphatic heterocycles. The Labute approximate surface area is 158 Å². The van der Waals surface area contributed by atoms with Gasteiger partial charge in [-0.05, 0) is 37.4 Å². The molecule has 1 aliphatic rings. The first-order valence-electron chi connectivity index (χ1n) is 7.27. The predicted octanol–water partition coefficient (Wildman–Crippen LogP) is 5.54. The number of halogens is 3. The molecule has 0 bridgehead atoms. The number of hydrogen-bond acceptors (Lipinski definition) is 3. The number of rotatable bonds is 5. The molecule has 0 spiro atoms. The van der Waals surface area contributed by atoms with Crippen molar-refractivity contribution in [2.45, 2.75) is 9.79 Å². The fourth-order valence-corrected chi connectivity index (χ4v) is 4.10. The van der Waals surface area contributed by atoms with Crippen LogP contribution in [-0.2, 0) is 0 Å². The molecule has 2 nitrogen and oxygen atoms in total. The summed E-state index contributed by atoms with van der Waals surface area (Å²) in [4.78, 5) is 7.15. The van der Waals surface area contributed by atoms with Crippen molar-refractivity contribution in [1.29, 1.82) is 0 Å². The fourth-order valence-electron chi connectivity index (χ4n) is 2.57. The Balaban J connectivity index is 0.00000192. The number of likely N-dealkylation sites (N-methyl/N-ethyl adjacent to an activating group) is 1. The SMILES string of the molecule is CN(CCCl)CCN1c2ccccc2Sc2ccc(Cl)cc21.Cl. The maximum absolute atomic E-state index is 6.22. The van der Waals surface area contributed by atoms with E-state index < -0.39 is 0 Å². The zero-order valence-corrected chi connectivity index (χ0v) is 16.0. The highest BCUT2D eigenvalue weighted by Crippen LogP contribution is 2.48. The smallest absolute Gasteiger partial charge is 0.0568 e. The highest BCUT2D eigenvalue weighted by atomic mass is 35.5. The number of hydrogen-bond donors (Lipinski definition) is 0. The lowest BCUT2D eigenvalue weighted by atomic mass is 10.2. The summed E-state index contributed by atoms with van der Waals surface area (Å²) in [6.07, 6.45) is 0. The average molecular weight is 390 g/mol. The maximum Gasteiger partial charge on any atom is 0.0568 e. The molecule has 6 heteroatoms. The first-order chi connectivity index (χ1) is 10.7. The molecule has 2 aromatic carbocycles. The number of para-hydroxylation sites is 1. The van der Waals surface area contributed by atoms with Gasteiger partial charge in [-0.3, -0.25) is 0 Å². The van der Waals surface area contributed by atoms with E-state index in [0.29, 0.717) is 5.88 Å². The molecule has 1 heterocycles. The van der Waals surface area contributed by atoms with Gasteiger partial charge in [-0.2, -0.15) is 0 Å². The van der Waals surface area contributed by atoms with Crippen molar-refractivity contribution in [3.63, 3.8) is 0 Å². The van der Waals surface area contributed by atoms with E-state index in [1.54, 1.807) is 11.8 Å². The van der Waals surface area contributed by atoms with Crippen molar-refractivity contribution >= 4 is 58.7 Å². The molecule has 0 fully saturated rings. The van der Waals surface area contributed by atoms with E-state index in [1.165, 1.54) is 21.2 Å². The maximum atomic E-state index is 6.22. The Morgan fingerprint density at radius 1 is 1.04 bits per heavy atom. The van der Waals surface area contributed by atoms with E-state index in [2.05, 4.69) is 53.2 Å². The Hall–Kier alpha value is -0.580. The Kier molecular flexibility index (Phi) is 6.93. The predicted molar refractivity (Wildman–Crippen MR) is 104 cm³/mol. The lowest BCUT2D eigenvalue weighted by Gasteiger charge is -2.34. The third kappa shape index (κ3) is 4.28. The van der Waals surface area contributed by atoms with Gasteiger partial charge in [-0.15, -0.1) is 24.0 Å². The van der Waals surface area contributed by atoms with Gasteiger partial charge >= 0.3 is 0 Å². The first-order valence-corrected chi connectivity index (χ1v) is 9.00. The standard InChI is InChI=1S/C17H18Cl2N2S.ClH/c1-20(9-8-18)10-11-21-14-4-2-3-5-16(14)22-17-7-6-13(19)12-15(17)21;/h2-7,12H,8-11H2,1H3;1H. The normalized spacial score (nSPS) is 12.6. The van der Waals surface area contributed by atoms with Gasteiger partial charge in [-0.1, -0.05) is 35.5 Å². The van der Waals surface area contributed by atoms with Crippen LogP contribution in [0.2, 0.25) is 5.02 Å². The topological polar surface area (TPSA) is 6.48 Å². The fraction of sp³-hybridized carbons (Fsp3) is 0.294. The number of anilines is 2. The van der Waals surface area contributed by atoms with E-state index in [-0.39, 0.29) is 12.4 Å². The zero-order valence-electron chi connectivity index (χ0n) is 12.8. The summed E-state index contributed by atoms with van der Waals surface area (Å²) in [6.45, 7) is 2.77. The van der Waals surface area contributed by atoms with Crippen LogP contribution in [0.25, 0.3) is 0 Å². The van der Waals surface area contributed by atoms with Crippen LogP contribution in [0.5, 0.6) is 0 Å². The van der Waals surface area contributed by atoms with Crippen molar-refractivity contribution in [2.24, 2.45) is 0 Å². The van der Waals surface area contributed by atoms with Gasteiger partial charge in [-0.25, -0.2) is 0 Å². The van der Waals surface area contributed by atoms with Gasteiger partial charge in [0.15, 0.2) is 0 Å². The largest absolute Gasteiger partial charge is 0.338 e. The van der Waals surface area contributed by atoms with Crippen LogP contribution < -0.4 is 4.90 Å². The summed E-state index contributed by atoms with van der Waals surface area (Å²) in [7, 11) is 2.10.